The van der Waals surface area contributed by atoms with Crippen molar-refractivity contribution >= 4 is 21.7 Å². The van der Waals surface area contributed by atoms with E-state index in [9.17, 15) is 13.6 Å². The number of benzene rings is 1. The number of ketones is 1. The molecule has 1 saturated carbocycles. The van der Waals surface area contributed by atoms with Gasteiger partial charge in [-0.25, -0.2) is 8.78 Å². The lowest BCUT2D eigenvalue weighted by molar-refractivity contribution is -0.117. The molecule has 2 rings (SSSR count). The zero-order valence-electron chi connectivity index (χ0n) is 9.10. The van der Waals surface area contributed by atoms with E-state index in [1.807, 2.05) is 0 Å². The second-order valence-electron chi connectivity index (χ2n) is 4.19. The van der Waals surface area contributed by atoms with Gasteiger partial charge in [0.1, 0.15) is 11.6 Å². The van der Waals surface area contributed by atoms with Crippen molar-refractivity contribution in [1.29, 1.82) is 0 Å². The van der Waals surface area contributed by atoms with Crippen molar-refractivity contribution in [1.82, 2.24) is 5.32 Å². The molecule has 0 spiro atoms. The molecule has 1 aromatic carbocycles. The predicted molar refractivity (Wildman–Crippen MR) is 63.8 cm³/mol. The lowest BCUT2D eigenvalue weighted by Gasteiger charge is -2.06. The zero-order valence-corrected chi connectivity index (χ0v) is 10.7. The van der Waals surface area contributed by atoms with Crippen molar-refractivity contribution in [3.05, 3.63) is 33.8 Å². The van der Waals surface area contributed by atoms with Crippen LogP contribution < -0.4 is 5.32 Å². The summed E-state index contributed by atoms with van der Waals surface area (Å²) in [7, 11) is 0. The van der Waals surface area contributed by atoms with Gasteiger partial charge in [-0.15, -0.1) is 0 Å². The molecule has 17 heavy (non-hydrogen) atoms. The lowest BCUT2D eigenvalue weighted by atomic mass is 10.1. The van der Waals surface area contributed by atoms with Gasteiger partial charge >= 0.3 is 0 Å². The average Bonchev–Trinajstić information content (AvgIpc) is 3.11. The Morgan fingerprint density at radius 1 is 1.41 bits per heavy atom. The van der Waals surface area contributed by atoms with E-state index in [1.54, 1.807) is 0 Å². The second kappa shape index (κ2) is 5.23. The van der Waals surface area contributed by atoms with Crippen molar-refractivity contribution in [2.75, 3.05) is 6.54 Å². The Morgan fingerprint density at radius 3 is 2.76 bits per heavy atom. The van der Waals surface area contributed by atoms with E-state index >= 15 is 0 Å². The molecule has 1 N–H and O–H groups in total. The van der Waals surface area contributed by atoms with Crippen LogP contribution in [0.3, 0.4) is 0 Å². The number of hydrogen-bond acceptors (Lipinski definition) is 2. The fourth-order valence-electron chi connectivity index (χ4n) is 1.54. The molecule has 0 saturated heterocycles. The van der Waals surface area contributed by atoms with Crippen LogP contribution >= 0.6 is 15.9 Å². The summed E-state index contributed by atoms with van der Waals surface area (Å²) >= 11 is 2.97. The van der Waals surface area contributed by atoms with Crippen molar-refractivity contribution in [3.63, 3.8) is 0 Å². The Morgan fingerprint density at radius 2 is 2.12 bits per heavy atom. The topological polar surface area (TPSA) is 29.1 Å². The highest BCUT2D eigenvalue weighted by Gasteiger charge is 2.22. The summed E-state index contributed by atoms with van der Waals surface area (Å²) < 4.78 is 27.1. The molecule has 2 nitrogen and oxygen atoms in total. The Balaban J connectivity index is 2.01. The molecular formula is C12H12BrF2NO. The summed E-state index contributed by atoms with van der Waals surface area (Å²) in [6.45, 7) is 0.177. The van der Waals surface area contributed by atoms with Crippen LogP contribution in [0.1, 0.15) is 18.4 Å². The first-order valence-electron chi connectivity index (χ1n) is 5.45. The van der Waals surface area contributed by atoms with Gasteiger partial charge in [0.25, 0.3) is 0 Å². The van der Waals surface area contributed by atoms with Gasteiger partial charge in [0.2, 0.25) is 0 Å². The van der Waals surface area contributed by atoms with Gasteiger partial charge in [0.15, 0.2) is 5.78 Å². The number of rotatable bonds is 5. The minimum atomic E-state index is -0.690. The number of nitrogens with one attached hydrogen (secondary N) is 1. The molecule has 0 radical (unpaired) electrons. The van der Waals surface area contributed by atoms with E-state index in [0.29, 0.717) is 6.04 Å². The Bertz CT molecular complexity index is 446. The molecule has 1 aromatic rings. The van der Waals surface area contributed by atoms with E-state index < -0.39 is 11.6 Å². The summed E-state index contributed by atoms with van der Waals surface area (Å²) in [4.78, 5) is 11.5. The van der Waals surface area contributed by atoms with Gasteiger partial charge in [0, 0.05) is 18.0 Å². The predicted octanol–water partition coefficient (Wildman–Crippen LogP) is 2.59. The number of carbonyl (C=O) groups is 1. The van der Waals surface area contributed by atoms with Crippen LogP contribution in [0, 0.1) is 11.6 Å². The molecule has 1 aliphatic rings. The van der Waals surface area contributed by atoms with Gasteiger partial charge in [-0.05, 0) is 40.9 Å². The van der Waals surface area contributed by atoms with Crippen molar-refractivity contribution in [3.8, 4) is 0 Å². The van der Waals surface area contributed by atoms with E-state index in [4.69, 9.17) is 0 Å². The minimum Gasteiger partial charge on any atom is -0.307 e. The third-order valence-electron chi connectivity index (χ3n) is 2.68. The molecule has 0 heterocycles. The van der Waals surface area contributed by atoms with Crippen molar-refractivity contribution in [2.45, 2.75) is 25.3 Å². The average molecular weight is 304 g/mol. The molecule has 92 valence electrons. The smallest absolute Gasteiger partial charge is 0.151 e. The summed E-state index contributed by atoms with van der Waals surface area (Å²) in [6, 6.07) is 2.86. The second-order valence-corrected chi connectivity index (χ2v) is 5.05. The fraction of sp³-hybridized carbons (Fsp3) is 0.417. The quantitative estimate of drug-likeness (QED) is 0.847. The highest BCUT2D eigenvalue weighted by molar-refractivity contribution is 9.10. The van der Waals surface area contributed by atoms with Crippen LogP contribution in [-0.4, -0.2) is 18.4 Å². The van der Waals surface area contributed by atoms with E-state index in [2.05, 4.69) is 21.2 Å². The lowest BCUT2D eigenvalue weighted by Crippen LogP contribution is -2.26. The van der Waals surface area contributed by atoms with Gasteiger partial charge in [-0.2, -0.15) is 0 Å². The third-order valence-corrected chi connectivity index (χ3v) is 3.29. The number of hydrogen-bond donors (Lipinski definition) is 1. The molecule has 0 bridgehead atoms. The first-order valence-corrected chi connectivity index (χ1v) is 6.24. The molecule has 5 heteroatoms. The Hall–Kier alpha value is -0.810. The fourth-order valence-corrected chi connectivity index (χ4v) is 1.91. The van der Waals surface area contributed by atoms with Gasteiger partial charge in [-0.1, -0.05) is 0 Å². The normalized spacial score (nSPS) is 15.0. The monoisotopic (exact) mass is 303 g/mol. The molecular weight excluding hydrogens is 292 g/mol. The molecule has 1 fully saturated rings. The number of Topliss-reactive ketones (excluding diaryl/α,β-unsaturated/α-hetero) is 1. The first kappa shape index (κ1) is 12.6. The molecule has 1 aliphatic carbocycles. The van der Waals surface area contributed by atoms with Crippen LogP contribution in [0.15, 0.2) is 16.6 Å². The first-order chi connectivity index (χ1) is 8.08. The Labute approximate surface area is 107 Å². The van der Waals surface area contributed by atoms with Crippen LogP contribution in [0.25, 0.3) is 0 Å². The van der Waals surface area contributed by atoms with Gasteiger partial charge < -0.3 is 5.32 Å². The van der Waals surface area contributed by atoms with Crippen molar-refractivity contribution < 1.29 is 13.6 Å². The standard InChI is InChI=1S/C12H12BrF2NO/c13-10-3-4-11(14)9(12(10)15)5-8(17)6-16-7-1-2-7/h3-4,7,16H,1-2,5-6H2. The largest absolute Gasteiger partial charge is 0.307 e. The maximum absolute atomic E-state index is 13.6. The van der Waals surface area contributed by atoms with Gasteiger partial charge in [0.05, 0.1) is 11.0 Å². The van der Waals surface area contributed by atoms with Crippen molar-refractivity contribution in [2.24, 2.45) is 0 Å². The maximum Gasteiger partial charge on any atom is 0.151 e. The van der Waals surface area contributed by atoms with E-state index in [0.717, 1.165) is 18.9 Å². The van der Waals surface area contributed by atoms with Gasteiger partial charge in [-0.3, -0.25) is 4.79 Å². The third kappa shape index (κ3) is 3.33. The Kier molecular flexibility index (Phi) is 3.89. The van der Waals surface area contributed by atoms with Crippen LogP contribution in [0.2, 0.25) is 0 Å². The molecule has 0 aromatic heterocycles. The minimum absolute atomic E-state index is 0.165. The molecule has 0 unspecified atom stereocenters. The summed E-state index contributed by atoms with van der Waals surface area (Å²) in [6.07, 6.45) is 1.94. The highest BCUT2D eigenvalue weighted by atomic mass is 79.9. The summed E-state index contributed by atoms with van der Waals surface area (Å²) in [5.74, 6) is -1.57. The molecule has 0 amide bonds. The zero-order chi connectivity index (χ0) is 12.4. The van der Waals surface area contributed by atoms with Crippen LogP contribution in [-0.2, 0) is 11.2 Å². The number of halogens is 3. The molecule has 0 aliphatic heterocycles. The van der Waals surface area contributed by atoms with E-state index in [-0.39, 0.29) is 28.8 Å². The summed E-state index contributed by atoms with van der Waals surface area (Å²) in [5.41, 5.74) is -0.165. The number of carbonyl (C=O) groups excluding carboxylic acids is 1. The summed E-state index contributed by atoms with van der Waals surface area (Å²) in [5, 5.41) is 3.02. The van der Waals surface area contributed by atoms with Crippen LogP contribution in [0.5, 0.6) is 0 Å². The van der Waals surface area contributed by atoms with Crippen LogP contribution in [0.4, 0.5) is 8.78 Å². The SMILES string of the molecule is O=C(CNC1CC1)Cc1c(F)ccc(Br)c1F. The highest BCUT2D eigenvalue weighted by Crippen LogP contribution is 2.22. The van der Waals surface area contributed by atoms with E-state index in [1.165, 1.54) is 6.07 Å². The molecule has 0 atom stereocenters. The maximum atomic E-state index is 13.6.